The highest BCUT2D eigenvalue weighted by molar-refractivity contribution is 7.89. The van der Waals surface area contributed by atoms with Crippen molar-refractivity contribution in [2.75, 3.05) is 20.6 Å². The number of carboxylic acid groups (broad SMARTS) is 1. The molecule has 1 fully saturated rings. The fourth-order valence-corrected chi connectivity index (χ4v) is 5.15. The number of sulfonamides is 1. The summed E-state index contributed by atoms with van der Waals surface area (Å²) in [6, 6.07) is 8.55. The van der Waals surface area contributed by atoms with E-state index >= 15 is 0 Å². The van der Waals surface area contributed by atoms with Gasteiger partial charge in [0, 0.05) is 26.9 Å². The fraction of sp³-hybridized carbons (Fsp3) is 0.333. The van der Waals surface area contributed by atoms with Crippen molar-refractivity contribution in [2.45, 2.75) is 36.7 Å². The van der Waals surface area contributed by atoms with Crippen LogP contribution in [0, 0.1) is 6.92 Å². The van der Waals surface area contributed by atoms with Crippen molar-refractivity contribution in [3.8, 4) is 5.75 Å². The third-order valence-corrected chi connectivity index (χ3v) is 7.38. The minimum absolute atomic E-state index is 0.111. The zero-order chi connectivity index (χ0) is 26.6. The number of ketones is 1. The predicted octanol–water partition coefficient (Wildman–Crippen LogP) is 1.20. The number of carbonyl (C=O) groups excluding carboxylic acids is 3. The van der Waals surface area contributed by atoms with E-state index in [0.717, 1.165) is 5.56 Å². The molecule has 2 aromatic rings. The van der Waals surface area contributed by atoms with Crippen LogP contribution in [0.25, 0.3) is 0 Å². The molecule has 0 aliphatic carbocycles. The number of carboxylic acids is 1. The number of carbonyl (C=O) groups is 4. The third kappa shape index (κ3) is 6.07. The Hall–Kier alpha value is -3.77. The van der Waals surface area contributed by atoms with E-state index in [1.54, 1.807) is 6.92 Å². The van der Waals surface area contributed by atoms with E-state index < -0.39 is 40.1 Å². The van der Waals surface area contributed by atoms with Crippen molar-refractivity contribution in [1.82, 2.24) is 14.5 Å². The van der Waals surface area contributed by atoms with Gasteiger partial charge in [-0.3, -0.25) is 14.9 Å². The minimum atomic E-state index is -4.59. The number of amides is 2. The summed E-state index contributed by atoms with van der Waals surface area (Å²) in [5.74, 6) is -2.63. The molecule has 1 saturated heterocycles. The van der Waals surface area contributed by atoms with Gasteiger partial charge in [-0.05, 0) is 36.8 Å². The summed E-state index contributed by atoms with van der Waals surface area (Å²) >= 11 is 0. The second-order valence-electron chi connectivity index (χ2n) is 8.59. The van der Waals surface area contributed by atoms with Crippen molar-refractivity contribution in [3.63, 3.8) is 0 Å². The van der Waals surface area contributed by atoms with Gasteiger partial charge >= 0.3 is 12.1 Å². The van der Waals surface area contributed by atoms with Crippen LogP contribution in [-0.2, 0) is 30.8 Å². The van der Waals surface area contributed by atoms with Gasteiger partial charge in [0.25, 0.3) is 15.9 Å². The van der Waals surface area contributed by atoms with E-state index in [4.69, 9.17) is 4.74 Å². The quantitative estimate of drug-likeness (QED) is 0.526. The lowest BCUT2D eigenvalue weighted by atomic mass is 10.0. The number of hydrogen-bond donors (Lipinski definition) is 2. The molecule has 11 nitrogen and oxygen atoms in total. The van der Waals surface area contributed by atoms with Crippen molar-refractivity contribution in [2.24, 2.45) is 0 Å². The van der Waals surface area contributed by atoms with Crippen molar-refractivity contribution in [3.05, 3.63) is 59.7 Å². The van der Waals surface area contributed by atoms with Crippen LogP contribution in [0.3, 0.4) is 0 Å². The predicted molar refractivity (Wildman–Crippen MR) is 128 cm³/mol. The van der Waals surface area contributed by atoms with E-state index in [9.17, 15) is 32.7 Å². The van der Waals surface area contributed by atoms with Crippen LogP contribution in [-0.4, -0.2) is 79.2 Å². The number of nitrogens with one attached hydrogen (secondary N) is 1. The van der Waals surface area contributed by atoms with Gasteiger partial charge in [-0.2, -0.15) is 0 Å². The molecule has 0 aromatic heterocycles. The van der Waals surface area contributed by atoms with E-state index in [-0.39, 0.29) is 35.8 Å². The van der Waals surface area contributed by atoms with Crippen LogP contribution in [0.15, 0.2) is 53.4 Å². The van der Waals surface area contributed by atoms with Gasteiger partial charge in [0.15, 0.2) is 0 Å². The Morgan fingerprint density at radius 1 is 1.08 bits per heavy atom. The zero-order valence-electron chi connectivity index (χ0n) is 20.0. The standard InChI is InChI=1S/C24H27N3O8S/c1-15-4-10-19(11-5-15)36(33,34)27(22(29)20-13-17(28)14-25-20)21(23(30)31)12-16-6-8-18(9-7-16)35-24(32)26(2)3/h4-11,20-21,25H,12-14H2,1-3H3,(H,30,31)/t20-,21-/m0/s1. The Bertz CT molecular complexity index is 1260. The molecule has 0 bridgehead atoms. The number of nitrogens with zero attached hydrogens (tertiary/aromatic N) is 2. The Morgan fingerprint density at radius 3 is 2.19 bits per heavy atom. The Kier molecular flexibility index (Phi) is 8.10. The topological polar surface area (TPSA) is 150 Å². The molecular weight excluding hydrogens is 490 g/mol. The number of hydrogen-bond acceptors (Lipinski definition) is 8. The summed E-state index contributed by atoms with van der Waals surface area (Å²) in [6.07, 6.45) is -1.20. The van der Waals surface area contributed by atoms with Crippen molar-refractivity contribution in [1.29, 1.82) is 0 Å². The first-order valence-electron chi connectivity index (χ1n) is 11.0. The number of aryl methyl sites for hydroxylation is 1. The van der Waals surface area contributed by atoms with Gasteiger partial charge in [0.1, 0.15) is 17.6 Å². The number of rotatable bonds is 8. The van der Waals surface area contributed by atoms with Crippen LogP contribution >= 0.6 is 0 Å². The largest absolute Gasteiger partial charge is 0.480 e. The molecule has 0 spiro atoms. The Morgan fingerprint density at radius 2 is 1.69 bits per heavy atom. The molecule has 0 unspecified atom stereocenters. The molecule has 2 N–H and O–H groups in total. The average Bonchev–Trinajstić information content (AvgIpc) is 3.26. The monoisotopic (exact) mass is 517 g/mol. The number of aliphatic carboxylic acids is 1. The second-order valence-corrected chi connectivity index (χ2v) is 10.4. The van der Waals surface area contributed by atoms with Gasteiger partial charge in [-0.25, -0.2) is 22.3 Å². The van der Waals surface area contributed by atoms with Crippen LogP contribution in [0.5, 0.6) is 5.75 Å². The molecule has 1 aliphatic rings. The molecule has 0 radical (unpaired) electrons. The molecule has 0 saturated carbocycles. The molecule has 2 aromatic carbocycles. The lowest BCUT2D eigenvalue weighted by Crippen LogP contribution is -2.54. The summed E-state index contributed by atoms with van der Waals surface area (Å²) in [5.41, 5.74) is 1.17. The molecule has 3 rings (SSSR count). The Labute approximate surface area is 208 Å². The van der Waals surface area contributed by atoms with Gasteiger partial charge in [0.05, 0.1) is 17.5 Å². The van der Waals surface area contributed by atoms with Crippen LogP contribution in [0.2, 0.25) is 0 Å². The lowest BCUT2D eigenvalue weighted by Gasteiger charge is -2.30. The summed E-state index contributed by atoms with van der Waals surface area (Å²) in [7, 11) is -1.56. The molecule has 192 valence electrons. The van der Waals surface area contributed by atoms with Crippen molar-refractivity contribution < 1.29 is 37.4 Å². The first kappa shape index (κ1) is 26.8. The maximum Gasteiger partial charge on any atom is 0.414 e. The van der Waals surface area contributed by atoms with Gasteiger partial charge in [-0.1, -0.05) is 29.8 Å². The maximum atomic E-state index is 13.6. The first-order chi connectivity index (χ1) is 16.9. The highest BCUT2D eigenvalue weighted by atomic mass is 32.2. The van der Waals surface area contributed by atoms with Gasteiger partial charge in [0.2, 0.25) is 0 Å². The molecule has 2 atom stereocenters. The van der Waals surface area contributed by atoms with Crippen LogP contribution in [0.1, 0.15) is 17.5 Å². The Balaban J connectivity index is 1.97. The van der Waals surface area contributed by atoms with E-state index in [0.29, 0.717) is 9.87 Å². The number of Topliss-reactive ketones (excluding diaryl/α,β-unsaturated/α-hetero) is 1. The third-order valence-electron chi connectivity index (χ3n) is 5.56. The molecular formula is C24H27N3O8S. The lowest BCUT2D eigenvalue weighted by molar-refractivity contribution is -0.146. The molecule has 1 heterocycles. The summed E-state index contributed by atoms with van der Waals surface area (Å²) in [4.78, 5) is 50.1. The first-order valence-corrected chi connectivity index (χ1v) is 12.4. The highest BCUT2D eigenvalue weighted by Gasteiger charge is 2.44. The summed E-state index contributed by atoms with van der Waals surface area (Å²) in [6.45, 7) is 1.65. The van der Waals surface area contributed by atoms with E-state index in [1.807, 2.05) is 0 Å². The SMILES string of the molecule is Cc1ccc(S(=O)(=O)N(C(=O)[C@@H]2CC(=O)CN2)[C@@H](Cc2ccc(OC(=O)N(C)C)cc2)C(=O)O)cc1. The molecule has 2 amide bonds. The molecule has 36 heavy (non-hydrogen) atoms. The smallest absolute Gasteiger partial charge is 0.414 e. The second kappa shape index (κ2) is 10.9. The van der Waals surface area contributed by atoms with Crippen LogP contribution in [0.4, 0.5) is 4.79 Å². The number of benzene rings is 2. The van der Waals surface area contributed by atoms with E-state index in [2.05, 4.69) is 5.32 Å². The zero-order valence-corrected chi connectivity index (χ0v) is 20.8. The maximum absolute atomic E-state index is 13.6. The minimum Gasteiger partial charge on any atom is -0.480 e. The van der Waals surface area contributed by atoms with Crippen LogP contribution < -0.4 is 10.1 Å². The van der Waals surface area contributed by atoms with Crippen molar-refractivity contribution >= 4 is 33.8 Å². The van der Waals surface area contributed by atoms with Gasteiger partial charge < -0.3 is 14.7 Å². The summed E-state index contributed by atoms with van der Waals surface area (Å²) < 4.78 is 32.6. The fourth-order valence-electron chi connectivity index (χ4n) is 3.58. The molecule has 12 heteroatoms. The average molecular weight is 518 g/mol. The van der Waals surface area contributed by atoms with Gasteiger partial charge in [-0.15, -0.1) is 0 Å². The van der Waals surface area contributed by atoms with E-state index in [1.165, 1.54) is 67.5 Å². The highest BCUT2D eigenvalue weighted by Crippen LogP contribution is 2.25. The normalized spacial score (nSPS) is 16.3. The summed E-state index contributed by atoms with van der Waals surface area (Å²) in [5, 5.41) is 12.7. The number of ether oxygens (including phenoxy) is 1. The molecule has 1 aliphatic heterocycles.